The first-order valence-corrected chi connectivity index (χ1v) is 30.1. The fourth-order valence-corrected chi connectivity index (χ4v) is 11.1. The first kappa shape index (κ1) is 68.7. The molecule has 0 amide bonds. The van der Waals surface area contributed by atoms with Crippen LogP contribution in [0.15, 0.2) is 92.8 Å². The predicted molar refractivity (Wildman–Crippen MR) is 308 cm³/mol. The molecule has 0 aliphatic carbocycles. The van der Waals surface area contributed by atoms with Crippen molar-refractivity contribution < 1.29 is 45.3 Å². The second-order valence-corrected chi connectivity index (χ2v) is 23.0. The maximum absolute atomic E-state index is 13.0. The van der Waals surface area contributed by atoms with E-state index in [1.807, 2.05) is 24.3 Å². The minimum Gasteiger partial charge on any atom is -0.379 e. The lowest BCUT2D eigenvalue weighted by Crippen LogP contribution is -2.34. The molecule has 2 unspecified atom stereocenters. The third-order valence-electron chi connectivity index (χ3n) is 11.9. The summed E-state index contributed by atoms with van der Waals surface area (Å²) in [6.07, 6.45) is 0. The fourth-order valence-electron chi connectivity index (χ4n) is 8.12. The summed E-state index contributed by atoms with van der Waals surface area (Å²) in [6, 6.07) is 21.1. The molecule has 0 fully saturated rings. The van der Waals surface area contributed by atoms with Gasteiger partial charge in [-0.1, -0.05) is 102 Å². The molecular formula is C51H71Cl5N10O10S2. The van der Waals surface area contributed by atoms with E-state index in [0.717, 1.165) is 72.6 Å². The Morgan fingerprint density at radius 2 is 1.00 bits per heavy atom. The maximum Gasteiger partial charge on any atom is 0.261 e. The standard InChI is InChI=1S/C25H33Cl2N5O5S.C17H16Cl3NO2S.C8H18N4O3.CH4/c1-2-32-17-23(22-15-20(26)16-25(27)24(22)18-32)19-4-3-5-21(14-19)38(33,34)30-7-9-36-11-13-37-12-10-35-8-6-29-31-28;1-2-21-9-15(11-4-3-5-13(6-11)24(20,22)23)14-7-12(18)8-17(19)16(14)10-21;9-1-3-13-5-7-15-8-6-14-4-2-11-12-10;/h3-5,14-16,23,30H,2,6-13,17-18H2,1H3;3-8,15H,2,9-10H2,1H3;1-9H2;1H4. The molecule has 2 aliphatic heterocycles. The van der Waals surface area contributed by atoms with Crippen molar-refractivity contribution in [2.24, 2.45) is 16.0 Å². The second-order valence-electron chi connectivity index (χ2n) is 17.0. The Morgan fingerprint density at radius 1 is 0.603 bits per heavy atom. The molecule has 2 atom stereocenters. The van der Waals surface area contributed by atoms with Crippen molar-refractivity contribution in [1.82, 2.24) is 14.5 Å². The van der Waals surface area contributed by atoms with E-state index >= 15 is 0 Å². The average molecular weight is 1230 g/mol. The number of ether oxygens (including phenoxy) is 6. The molecule has 0 bridgehead atoms. The molecule has 0 spiro atoms. The van der Waals surface area contributed by atoms with E-state index in [1.54, 1.807) is 42.5 Å². The zero-order valence-corrected chi connectivity index (χ0v) is 48.5. The number of halogens is 5. The number of hydrogen-bond donors (Lipinski definition) is 2. The molecule has 20 nitrogen and oxygen atoms in total. The number of fused-ring (bicyclic) bond motifs is 2. The molecule has 4 aromatic rings. The number of nitrogens with one attached hydrogen (secondary N) is 1. The molecule has 0 radical (unpaired) electrons. The normalized spacial score (nSPS) is 15.2. The first-order valence-electron chi connectivity index (χ1n) is 24.8. The number of nitrogens with two attached hydrogens (primary N) is 1. The molecule has 78 heavy (non-hydrogen) atoms. The van der Waals surface area contributed by atoms with Crippen LogP contribution in [-0.4, -0.2) is 158 Å². The van der Waals surface area contributed by atoms with Crippen LogP contribution in [0.5, 0.6) is 0 Å². The van der Waals surface area contributed by atoms with Gasteiger partial charge in [0.25, 0.3) is 9.05 Å². The highest BCUT2D eigenvalue weighted by Crippen LogP contribution is 2.41. The Balaban J connectivity index is 0.000000341. The van der Waals surface area contributed by atoms with Crippen molar-refractivity contribution in [2.45, 2.75) is 56.0 Å². The van der Waals surface area contributed by atoms with Crippen LogP contribution in [0.3, 0.4) is 0 Å². The van der Waals surface area contributed by atoms with Crippen LogP contribution in [-0.2, 0) is 60.6 Å². The Hall–Kier alpha value is -3.55. The van der Waals surface area contributed by atoms with Gasteiger partial charge in [0.1, 0.15) is 0 Å². The number of nitrogens with zero attached hydrogens (tertiary/aromatic N) is 8. The predicted octanol–water partition coefficient (Wildman–Crippen LogP) is 10.4. The molecule has 4 aromatic carbocycles. The molecule has 3 N–H and O–H groups in total. The summed E-state index contributed by atoms with van der Waals surface area (Å²) in [4.78, 5) is 10.1. The average Bonchev–Trinajstić information content (AvgIpc) is 3.46. The van der Waals surface area contributed by atoms with E-state index in [4.69, 9.17) is 102 Å². The minimum atomic E-state index is -3.77. The molecule has 2 aliphatic rings. The second kappa shape index (κ2) is 37.5. The lowest BCUT2D eigenvalue weighted by atomic mass is 9.84. The molecular weight excluding hydrogens is 1150 g/mol. The number of azide groups is 2. The van der Waals surface area contributed by atoms with Gasteiger partial charge < -0.3 is 34.2 Å². The van der Waals surface area contributed by atoms with Crippen LogP contribution in [0, 0.1) is 0 Å². The summed E-state index contributed by atoms with van der Waals surface area (Å²) >= 11 is 25.4. The third-order valence-corrected chi connectivity index (χ3v) is 15.8. The highest BCUT2D eigenvalue weighted by molar-refractivity contribution is 8.13. The largest absolute Gasteiger partial charge is 0.379 e. The van der Waals surface area contributed by atoms with Crippen molar-refractivity contribution in [3.63, 3.8) is 0 Å². The van der Waals surface area contributed by atoms with Gasteiger partial charge in [0.2, 0.25) is 10.0 Å². The van der Waals surface area contributed by atoms with E-state index in [9.17, 15) is 16.8 Å². The van der Waals surface area contributed by atoms with Gasteiger partial charge in [0, 0.05) is 105 Å². The van der Waals surface area contributed by atoms with Crippen molar-refractivity contribution in [1.29, 1.82) is 0 Å². The van der Waals surface area contributed by atoms with Gasteiger partial charge in [-0.2, -0.15) is 0 Å². The van der Waals surface area contributed by atoms with Crippen LogP contribution in [0.4, 0.5) is 0 Å². The quantitative estimate of drug-likeness (QED) is 0.0162. The monoisotopic (exact) mass is 1220 g/mol. The SMILES string of the molecule is C.CCN1Cc2c(Cl)cc(Cl)cc2C(c2cccc(S(=O)(=O)Cl)c2)C1.CCN1Cc2c(Cl)cc(Cl)cc2C(c2cccc(S(=O)(=O)NCCOCCOCCOCCN=[N+]=[N-])c2)C1.[N-]=[N+]=NCCOCCOCCOCCN. The Morgan fingerprint density at radius 3 is 1.41 bits per heavy atom. The fraction of sp³-hybridized carbons (Fsp3) is 0.529. The summed E-state index contributed by atoms with van der Waals surface area (Å²) in [7, 11) is -2.00. The van der Waals surface area contributed by atoms with Gasteiger partial charge in [-0.3, -0.25) is 9.80 Å². The Labute approximate surface area is 483 Å². The molecule has 6 rings (SSSR count). The number of benzene rings is 4. The zero-order chi connectivity index (χ0) is 56.1. The molecule has 0 saturated heterocycles. The van der Waals surface area contributed by atoms with E-state index in [-0.39, 0.29) is 48.7 Å². The lowest BCUT2D eigenvalue weighted by molar-refractivity contribution is 0.0171. The van der Waals surface area contributed by atoms with Gasteiger partial charge in [-0.25, -0.2) is 21.6 Å². The summed E-state index contributed by atoms with van der Waals surface area (Å²) < 4.78 is 83.3. The molecule has 0 saturated carbocycles. The Kier molecular flexibility index (Phi) is 33.0. The van der Waals surface area contributed by atoms with Crippen LogP contribution < -0.4 is 10.5 Å². The van der Waals surface area contributed by atoms with Crippen molar-refractivity contribution in [2.75, 3.05) is 132 Å². The van der Waals surface area contributed by atoms with Gasteiger partial charge in [-0.15, -0.1) is 0 Å². The highest BCUT2D eigenvalue weighted by atomic mass is 35.7. The van der Waals surface area contributed by atoms with E-state index < -0.39 is 19.1 Å². The molecule has 432 valence electrons. The zero-order valence-electron chi connectivity index (χ0n) is 43.1. The van der Waals surface area contributed by atoms with Gasteiger partial charge in [-0.05, 0) is 106 Å². The number of likely N-dealkylation sites (N-methyl/N-ethyl adjacent to an activating group) is 2. The molecule has 27 heteroatoms. The van der Waals surface area contributed by atoms with E-state index in [1.165, 1.54) is 6.07 Å². The number of hydrogen-bond acceptors (Lipinski definition) is 15. The first-order chi connectivity index (χ1) is 37.1. The summed E-state index contributed by atoms with van der Waals surface area (Å²) in [6.45, 7) is 15.4. The topological polar surface area (TPSA) is 266 Å². The Bertz CT molecular complexity index is 2780. The summed E-state index contributed by atoms with van der Waals surface area (Å²) in [5.41, 5.74) is 27.3. The number of rotatable bonds is 30. The lowest BCUT2D eigenvalue weighted by Gasteiger charge is -2.35. The minimum absolute atomic E-state index is 0. The highest BCUT2D eigenvalue weighted by Gasteiger charge is 2.30. The van der Waals surface area contributed by atoms with Gasteiger partial charge >= 0.3 is 0 Å². The summed E-state index contributed by atoms with van der Waals surface area (Å²) in [5, 5.41) is 9.10. The van der Waals surface area contributed by atoms with Crippen molar-refractivity contribution >= 4 is 76.2 Å². The van der Waals surface area contributed by atoms with Crippen LogP contribution in [0.2, 0.25) is 20.1 Å². The van der Waals surface area contributed by atoms with Crippen LogP contribution in [0.1, 0.15) is 66.5 Å². The van der Waals surface area contributed by atoms with Crippen molar-refractivity contribution in [3.8, 4) is 0 Å². The van der Waals surface area contributed by atoms with Crippen molar-refractivity contribution in [3.05, 3.63) is 147 Å². The van der Waals surface area contributed by atoms with Gasteiger partial charge in [0.15, 0.2) is 0 Å². The summed E-state index contributed by atoms with van der Waals surface area (Å²) in [5.74, 6) is -0.0619. The molecule has 0 aromatic heterocycles. The van der Waals surface area contributed by atoms with E-state index in [2.05, 4.69) is 48.4 Å². The maximum atomic E-state index is 13.0. The van der Waals surface area contributed by atoms with Crippen LogP contribution >= 0.6 is 57.1 Å². The van der Waals surface area contributed by atoms with Gasteiger partial charge in [0.05, 0.1) is 89.1 Å². The third kappa shape index (κ3) is 23.9. The smallest absolute Gasteiger partial charge is 0.261 e. The van der Waals surface area contributed by atoms with E-state index in [0.29, 0.717) is 106 Å². The number of sulfonamides is 1. The molecule has 2 heterocycles. The van der Waals surface area contributed by atoms with Crippen LogP contribution in [0.25, 0.3) is 20.9 Å².